The molecule has 2 amide bonds. The average Bonchev–Trinajstić information content (AvgIpc) is 3.13. The molecule has 140 valence electrons. The molecule has 1 fully saturated rings. The van der Waals surface area contributed by atoms with E-state index in [4.69, 9.17) is 5.10 Å². The molecule has 8 nitrogen and oxygen atoms in total. The van der Waals surface area contributed by atoms with Crippen LogP contribution in [-0.2, 0) is 0 Å². The topological polar surface area (TPSA) is 96.2 Å². The summed E-state index contributed by atoms with van der Waals surface area (Å²) in [6.45, 7) is 0. The number of carbonyl (C=O) groups excluding carboxylic acids is 1. The maximum absolute atomic E-state index is 11.4. The minimum atomic E-state index is -0.109. The Hall–Kier alpha value is -3.16. The number of rotatable bonds is 4. The number of carbonyl (C=O) groups is 1. The first-order valence-corrected chi connectivity index (χ1v) is 9.23. The number of urea groups is 1. The minimum Gasteiger partial charge on any atom is -0.366 e. The molecule has 0 bridgehead atoms. The van der Waals surface area contributed by atoms with E-state index in [2.05, 4.69) is 25.9 Å². The quantitative estimate of drug-likeness (QED) is 0.660. The van der Waals surface area contributed by atoms with Crippen LogP contribution < -0.4 is 16.0 Å². The van der Waals surface area contributed by atoms with E-state index in [0.29, 0.717) is 6.04 Å². The third-order valence-electron chi connectivity index (χ3n) is 4.98. The molecule has 0 saturated heterocycles. The number of anilines is 1. The predicted octanol–water partition coefficient (Wildman–Crippen LogP) is 2.44. The molecule has 0 aliphatic heterocycles. The van der Waals surface area contributed by atoms with Crippen LogP contribution in [0.25, 0.3) is 16.9 Å². The Morgan fingerprint density at radius 2 is 1.81 bits per heavy atom. The number of fused-ring (bicyclic) bond motifs is 1. The fourth-order valence-corrected chi connectivity index (χ4v) is 3.52. The third kappa shape index (κ3) is 3.84. The highest BCUT2D eigenvalue weighted by molar-refractivity contribution is 5.73. The van der Waals surface area contributed by atoms with Gasteiger partial charge in [-0.3, -0.25) is 4.98 Å². The summed E-state index contributed by atoms with van der Waals surface area (Å²) in [6.07, 6.45) is 9.27. The molecule has 1 saturated carbocycles. The maximum atomic E-state index is 11.4. The van der Waals surface area contributed by atoms with Gasteiger partial charge in [-0.15, -0.1) is 5.10 Å². The maximum Gasteiger partial charge on any atom is 0.314 e. The second-order valence-corrected chi connectivity index (χ2v) is 6.78. The molecule has 3 heterocycles. The Morgan fingerprint density at radius 3 is 2.56 bits per heavy atom. The molecule has 1 aliphatic carbocycles. The molecule has 27 heavy (non-hydrogen) atoms. The van der Waals surface area contributed by atoms with Crippen molar-refractivity contribution < 1.29 is 4.79 Å². The molecule has 0 aromatic carbocycles. The number of pyridine rings is 1. The van der Waals surface area contributed by atoms with E-state index in [1.165, 1.54) is 0 Å². The zero-order valence-electron chi connectivity index (χ0n) is 15.2. The lowest BCUT2D eigenvalue weighted by atomic mass is 9.91. The monoisotopic (exact) mass is 365 g/mol. The summed E-state index contributed by atoms with van der Waals surface area (Å²) in [5.41, 5.74) is 2.78. The Bertz CT molecular complexity index is 916. The van der Waals surface area contributed by atoms with Gasteiger partial charge in [0, 0.05) is 37.1 Å². The number of imidazole rings is 1. The third-order valence-corrected chi connectivity index (χ3v) is 4.98. The SMILES string of the molecule is CNC(=O)N[C@H]1CC[C@H](Nc2ccc3ncc(-c4ccncc4)n3n2)CC1. The summed E-state index contributed by atoms with van der Waals surface area (Å²) in [5.74, 6) is 0.832. The Labute approximate surface area is 157 Å². The first-order valence-electron chi connectivity index (χ1n) is 9.23. The van der Waals surface area contributed by atoms with Crippen LogP contribution in [0.2, 0.25) is 0 Å². The molecular formula is C19H23N7O. The van der Waals surface area contributed by atoms with Crippen LogP contribution in [0.5, 0.6) is 0 Å². The van der Waals surface area contributed by atoms with E-state index in [1.807, 2.05) is 35.0 Å². The van der Waals surface area contributed by atoms with Crippen molar-refractivity contribution in [3.63, 3.8) is 0 Å². The fourth-order valence-electron chi connectivity index (χ4n) is 3.52. The van der Waals surface area contributed by atoms with Crippen molar-refractivity contribution in [2.24, 2.45) is 0 Å². The molecule has 0 radical (unpaired) electrons. The van der Waals surface area contributed by atoms with Gasteiger partial charge >= 0.3 is 6.03 Å². The van der Waals surface area contributed by atoms with Gasteiger partial charge in [0.2, 0.25) is 0 Å². The van der Waals surface area contributed by atoms with Gasteiger partial charge in [-0.2, -0.15) is 0 Å². The number of amides is 2. The van der Waals surface area contributed by atoms with E-state index in [-0.39, 0.29) is 12.1 Å². The second-order valence-electron chi connectivity index (χ2n) is 6.78. The molecule has 3 N–H and O–H groups in total. The van der Waals surface area contributed by atoms with E-state index < -0.39 is 0 Å². The van der Waals surface area contributed by atoms with Crippen LogP contribution in [0, 0.1) is 0 Å². The van der Waals surface area contributed by atoms with Crippen LogP contribution in [0.4, 0.5) is 10.6 Å². The first-order chi connectivity index (χ1) is 13.2. The molecule has 3 aromatic rings. The summed E-state index contributed by atoms with van der Waals surface area (Å²) >= 11 is 0. The van der Waals surface area contributed by atoms with Gasteiger partial charge in [-0.1, -0.05) is 0 Å². The van der Waals surface area contributed by atoms with Crippen molar-refractivity contribution >= 4 is 17.5 Å². The normalized spacial score (nSPS) is 19.6. The zero-order valence-corrected chi connectivity index (χ0v) is 15.2. The van der Waals surface area contributed by atoms with Crippen molar-refractivity contribution in [1.29, 1.82) is 0 Å². The predicted molar refractivity (Wildman–Crippen MR) is 103 cm³/mol. The van der Waals surface area contributed by atoms with Gasteiger partial charge in [0.1, 0.15) is 5.82 Å². The second kappa shape index (κ2) is 7.61. The number of nitrogens with one attached hydrogen (secondary N) is 3. The van der Waals surface area contributed by atoms with Gasteiger partial charge in [0.05, 0.1) is 11.9 Å². The van der Waals surface area contributed by atoms with Crippen LogP contribution in [0.3, 0.4) is 0 Å². The van der Waals surface area contributed by atoms with Gasteiger partial charge in [0.25, 0.3) is 0 Å². The number of aromatic nitrogens is 4. The van der Waals surface area contributed by atoms with Crippen LogP contribution in [0.15, 0.2) is 42.9 Å². The summed E-state index contributed by atoms with van der Waals surface area (Å²) in [5, 5.41) is 13.9. The standard InChI is InChI=1S/C19H23N7O/c1-20-19(27)24-15-4-2-14(3-5-15)23-17-6-7-18-22-12-16(26(18)25-17)13-8-10-21-11-9-13/h6-12,14-15H,2-5H2,1H3,(H,23,25)(H2,20,24,27)/t14-,15-. The minimum absolute atomic E-state index is 0.109. The van der Waals surface area contributed by atoms with Crippen molar-refractivity contribution in [2.75, 3.05) is 12.4 Å². The number of hydrogen-bond acceptors (Lipinski definition) is 5. The van der Waals surface area contributed by atoms with Crippen molar-refractivity contribution in [1.82, 2.24) is 30.2 Å². The van der Waals surface area contributed by atoms with Crippen LogP contribution in [0.1, 0.15) is 25.7 Å². The van der Waals surface area contributed by atoms with Gasteiger partial charge in [-0.05, 0) is 49.9 Å². The van der Waals surface area contributed by atoms with Gasteiger partial charge in [-0.25, -0.2) is 14.3 Å². The molecule has 4 rings (SSSR count). The van der Waals surface area contributed by atoms with Gasteiger partial charge in [0.15, 0.2) is 5.65 Å². The van der Waals surface area contributed by atoms with Crippen molar-refractivity contribution in [3.05, 3.63) is 42.9 Å². The van der Waals surface area contributed by atoms with Crippen molar-refractivity contribution in [3.8, 4) is 11.3 Å². The van der Waals surface area contributed by atoms with E-state index in [0.717, 1.165) is 48.4 Å². The average molecular weight is 365 g/mol. The summed E-state index contributed by atoms with van der Waals surface area (Å²) in [7, 11) is 1.64. The molecule has 0 atom stereocenters. The largest absolute Gasteiger partial charge is 0.366 e. The molecule has 0 spiro atoms. The summed E-state index contributed by atoms with van der Waals surface area (Å²) in [6, 6.07) is 8.32. The first kappa shape index (κ1) is 17.3. The Balaban J connectivity index is 1.45. The highest BCUT2D eigenvalue weighted by atomic mass is 16.2. The van der Waals surface area contributed by atoms with Crippen LogP contribution in [-0.4, -0.2) is 44.7 Å². The Morgan fingerprint density at radius 1 is 1.07 bits per heavy atom. The smallest absolute Gasteiger partial charge is 0.314 e. The fraction of sp³-hybridized carbons (Fsp3) is 0.368. The zero-order chi connectivity index (χ0) is 18.6. The lowest BCUT2D eigenvalue weighted by molar-refractivity contribution is 0.234. The highest BCUT2D eigenvalue weighted by Gasteiger charge is 2.22. The summed E-state index contributed by atoms with van der Waals surface area (Å²) in [4.78, 5) is 19.9. The lowest BCUT2D eigenvalue weighted by Crippen LogP contribution is -2.43. The summed E-state index contributed by atoms with van der Waals surface area (Å²) < 4.78 is 1.86. The molecular weight excluding hydrogens is 342 g/mol. The molecule has 3 aromatic heterocycles. The Kier molecular flexibility index (Phi) is 4.86. The van der Waals surface area contributed by atoms with Gasteiger partial charge < -0.3 is 16.0 Å². The van der Waals surface area contributed by atoms with E-state index in [1.54, 1.807) is 19.4 Å². The highest BCUT2D eigenvalue weighted by Crippen LogP contribution is 2.23. The van der Waals surface area contributed by atoms with Crippen molar-refractivity contribution in [2.45, 2.75) is 37.8 Å². The van der Waals surface area contributed by atoms with E-state index >= 15 is 0 Å². The number of nitrogens with zero attached hydrogens (tertiary/aromatic N) is 4. The lowest BCUT2D eigenvalue weighted by Gasteiger charge is -2.29. The number of hydrogen-bond donors (Lipinski definition) is 3. The molecule has 8 heteroatoms. The van der Waals surface area contributed by atoms with E-state index in [9.17, 15) is 4.79 Å². The molecule has 0 unspecified atom stereocenters. The van der Waals surface area contributed by atoms with Crippen LogP contribution >= 0.6 is 0 Å². The molecule has 1 aliphatic rings.